The number of benzene rings is 1. The maximum Gasteiger partial charge on any atom is 0.120 e. The van der Waals surface area contributed by atoms with Crippen molar-refractivity contribution >= 4 is 40.2 Å². The average molecular weight is 371 g/mol. The molecule has 1 aromatic carbocycles. The summed E-state index contributed by atoms with van der Waals surface area (Å²) >= 11 is 11.8. The number of rotatable bonds is 7. The Bertz CT molecular complexity index is 372. The predicted octanol–water partition coefficient (Wildman–Crippen LogP) is 5.07. The Labute approximate surface area is 136 Å². The second-order valence-corrected chi connectivity index (χ2v) is 5.10. The van der Waals surface area contributed by atoms with E-state index in [1.165, 1.54) is 0 Å². The first-order chi connectivity index (χ1) is 8.58. The highest BCUT2D eigenvalue weighted by atomic mass is 79.9. The summed E-state index contributed by atoms with van der Waals surface area (Å²) in [5.74, 6) is 0.774. The van der Waals surface area contributed by atoms with Crippen LogP contribution in [0.5, 0.6) is 5.75 Å². The monoisotopic (exact) mass is 369 g/mol. The lowest BCUT2D eigenvalue weighted by Crippen LogP contribution is -2.33. The highest BCUT2D eigenvalue weighted by Gasteiger charge is 2.09. The molecule has 0 aliphatic carbocycles. The zero-order chi connectivity index (χ0) is 13.5. The van der Waals surface area contributed by atoms with Gasteiger partial charge < -0.3 is 9.64 Å². The molecule has 0 amide bonds. The quantitative estimate of drug-likeness (QED) is 0.664. The molecule has 2 nitrogen and oxygen atoms in total. The molecule has 0 spiro atoms. The van der Waals surface area contributed by atoms with Gasteiger partial charge in [0.2, 0.25) is 0 Å². The van der Waals surface area contributed by atoms with Crippen LogP contribution in [0, 0.1) is 0 Å². The zero-order valence-electron chi connectivity index (χ0n) is 11.7. The first-order valence-corrected chi connectivity index (χ1v) is 7.16. The fraction of sp³-hybridized carbons (Fsp3) is 0.571. The lowest BCUT2D eigenvalue weighted by molar-refractivity contribution is 0.189. The molecule has 0 aliphatic rings. The molecule has 0 heterocycles. The van der Waals surface area contributed by atoms with Gasteiger partial charge in [0.25, 0.3) is 0 Å². The minimum Gasteiger partial charge on any atom is -0.493 e. The van der Waals surface area contributed by atoms with Crippen LogP contribution in [-0.2, 0) is 0 Å². The van der Waals surface area contributed by atoms with Crippen molar-refractivity contribution in [1.29, 1.82) is 0 Å². The zero-order valence-corrected chi connectivity index (χ0v) is 14.9. The molecule has 5 heteroatoms. The van der Waals surface area contributed by atoms with E-state index in [4.69, 9.17) is 27.9 Å². The van der Waals surface area contributed by atoms with Gasteiger partial charge in [0.05, 0.1) is 16.7 Å². The lowest BCUT2D eigenvalue weighted by atomic mass is 10.2. The Balaban J connectivity index is 0.00000324. The second kappa shape index (κ2) is 9.87. The molecular weight excluding hydrogens is 349 g/mol. The largest absolute Gasteiger partial charge is 0.493 e. The summed E-state index contributed by atoms with van der Waals surface area (Å²) in [6.45, 7) is 9.43. The van der Waals surface area contributed by atoms with E-state index in [-0.39, 0.29) is 17.0 Å². The van der Waals surface area contributed by atoms with Gasteiger partial charge in [-0.2, -0.15) is 0 Å². The van der Waals surface area contributed by atoms with Crippen molar-refractivity contribution in [3.05, 3.63) is 28.2 Å². The molecule has 0 fully saturated rings. The van der Waals surface area contributed by atoms with Gasteiger partial charge in [0.1, 0.15) is 5.75 Å². The third-order valence-electron chi connectivity index (χ3n) is 3.13. The minimum absolute atomic E-state index is 0. The molecule has 1 aromatic rings. The molecule has 0 bridgehead atoms. The minimum atomic E-state index is 0. The Morgan fingerprint density at radius 1 is 1.16 bits per heavy atom. The number of halogens is 3. The number of nitrogens with zero attached hydrogens (tertiary/aromatic N) is 1. The molecule has 1 atom stereocenters. The van der Waals surface area contributed by atoms with Crippen LogP contribution in [0.15, 0.2) is 18.2 Å². The predicted molar refractivity (Wildman–Crippen MR) is 89.3 cm³/mol. The average Bonchev–Trinajstić information content (AvgIpc) is 2.35. The van der Waals surface area contributed by atoms with E-state index < -0.39 is 0 Å². The molecule has 0 N–H and O–H groups in total. The van der Waals surface area contributed by atoms with Crippen LogP contribution in [0.2, 0.25) is 10.0 Å². The van der Waals surface area contributed by atoms with E-state index in [0.717, 1.165) is 25.3 Å². The van der Waals surface area contributed by atoms with Gasteiger partial charge in [0, 0.05) is 12.1 Å². The molecule has 0 saturated carbocycles. The van der Waals surface area contributed by atoms with Crippen LogP contribution in [0.1, 0.15) is 27.2 Å². The van der Waals surface area contributed by atoms with Gasteiger partial charge in [-0.1, -0.05) is 37.0 Å². The summed E-state index contributed by atoms with van der Waals surface area (Å²) in [6, 6.07) is 5.89. The van der Waals surface area contributed by atoms with E-state index in [1.54, 1.807) is 12.1 Å². The molecule has 1 unspecified atom stereocenters. The maximum absolute atomic E-state index is 5.93. The first kappa shape index (κ1) is 19.0. The van der Waals surface area contributed by atoms with Crippen LogP contribution >= 0.6 is 40.2 Å². The summed E-state index contributed by atoms with van der Waals surface area (Å²) in [7, 11) is 0. The fourth-order valence-corrected chi connectivity index (χ4v) is 2.23. The third-order valence-corrected chi connectivity index (χ3v) is 3.87. The van der Waals surface area contributed by atoms with E-state index in [1.807, 2.05) is 6.07 Å². The van der Waals surface area contributed by atoms with Crippen LogP contribution in [0.25, 0.3) is 0 Å². The smallest absolute Gasteiger partial charge is 0.120 e. The van der Waals surface area contributed by atoms with Gasteiger partial charge in [-0.05, 0) is 38.6 Å². The van der Waals surface area contributed by atoms with Crippen LogP contribution in [0.4, 0.5) is 0 Å². The van der Waals surface area contributed by atoms with Crippen LogP contribution in [0.3, 0.4) is 0 Å². The molecule has 1 rings (SSSR count). The van der Waals surface area contributed by atoms with Crippen molar-refractivity contribution < 1.29 is 4.74 Å². The van der Waals surface area contributed by atoms with Gasteiger partial charge >= 0.3 is 0 Å². The van der Waals surface area contributed by atoms with E-state index in [9.17, 15) is 0 Å². The van der Waals surface area contributed by atoms with Crippen molar-refractivity contribution in [3.8, 4) is 5.75 Å². The molecule has 0 saturated heterocycles. The number of ether oxygens (including phenoxy) is 1. The Morgan fingerprint density at radius 2 is 1.79 bits per heavy atom. The van der Waals surface area contributed by atoms with Crippen LogP contribution < -0.4 is 4.74 Å². The van der Waals surface area contributed by atoms with E-state index >= 15 is 0 Å². The summed E-state index contributed by atoms with van der Waals surface area (Å²) in [6.07, 6.45) is 1.00. The van der Waals surface area contributed by atoms with E-state index in [2.05, 4.69) is 25.7 Å². The van der Waals surface area contributed by atoms with Gasteiger partial charge in [-0.3, -0.25) is 0 Å². The maximum atomic E-state index is 5.93. The molecule has 0 aliphatic heterocycles. The molecule has 0 radical (unpaired) electrons. The van der Waals surface area contributed by atoms with Gasteiger partial charge in [-0.15, -0.1) is 17.0 Å². The summed E-state index contributed by atoms with van der Waals surface area (Å²) < 4.78 is 5.68. The van der Waals surface area contributed by atoms with Crippen molar-refractivity contribution in [3.63, 3.8) is 0 Å². The van der Waals surface area contributed by atoms with E-state index in [0.29, 0.717) is 22.7 Å². The molecule has 110 valence electrons. The highest BCUT2D eigenvalue weighted by molar-refractivity contribution is 8.93. The SMILES string of the molecule is Br.CCN(CC)C(C)CCOc1ccc(Cl)c(Cl)c1. The Morgan fingerprint density at radius 3 is 2.32 bits per heavy atom. The first-order valence-electron chi connectivity index (χ1n) is 6.40. The lowest BCUT2D eigenvalue weighted by Gasteiger charge is -2.26. The highest BCUT2D eigenvalue weighted by Crippen LogP contribution is 2.26. The fourth-order valence-electron chi connectivity index (χ4n) is 1.94. The third kappa shape index (κ3) is 6.35. The molecule has 0 aromatic heterocycles. The van der Waals surface area contributed by atoms with Crippen molar-refractivity contribution in [2.24, 2.45) is 0 Å². The topological polar surface area (TPSA) is 12.5 Å². The Kier molecular flexibility index (Phi) is 9.89. The standard InChI is InChI=1S/C14H21Cl2NO.BrH/c1-4-17(5-2)11(3)8-9-18-12-6-7-13(15)14(16)10-12;/h6-7,10-11H,4-5,8-9H2,1-3H3;1H. The van der Waals surface area contributed by atoms with Gasteiger partial charge in [-0.25, -0.2) is 0 Å². The Hall–Kier alpha value is 0.0400. The summed E-state index contributed by atoms with van der Waals surface area (Å²) in [5, 5.41) is 1.09. The molecule has 19 heavy (non-hydrogen) atoms. The van der Waals surface area contributed by atoms with Crippen molar-refractivity contribution in [2.75, 3.05) is 19.7 Å². The summed E-state index contributed by atoms with van der Waals surface area (Å²) in [5.41, 5.74) is 0. The van der Waals surface area contributed by atoms with Crippen molar-refractivity contribution in [2.45, 2.75) is 33.2 Å². The van der Waals surface area contributed by atoms with Crippen LogP contribution in [-0.4, -0.2) is 30.6 Å². The number of hydrogen-bond acceptors (Lipinski definition) is 2. The number of hydrogen-bond donors (Lipinski definition) is 0. The molecular formula is C14H22BrCl2NO. The summed E-state index contributed by atoms with van der Waals surface area (Å²) in [4.78, 5) is 2.41. The van der Waals surface area contributed by atoms with Crippen molar-refractivity contribution in [1.82, 2.24) is 4.90 Å². The second-order valence-electron chi connectivity index (χ2n) is 4.28. The van der Waals surface area contributed by atoms with Gasteiger partial charge in [0.15, 0.2) is 0 Å². The normalized spacial score (nSPS) is 12.1.